The summed E-state index contributed by atoms with van der Waals surface area (Å²) < 4.78 is 1.92. The van der Waals surface area contributed by atoms with E-state index in [-0.39, 0.29) is 0 Å². The molecule has 0 saturated heterocycles. The highest BCUT2D eigenvalue weighted by Crippen LogP contribution is 2.24. The first-order chi connectivity index (χ1) is 8.52. The molecule has 0 spiro atoms. The summed E-state index contributed by atoms with van der Waals surface area (Å²) in [6.07, 6.45) is 4.20. The van der Waals surface area contributed by atoms with E-state index >= 15 is 0 Å². The van der Waals surface area contributed by atoms with Gasteiger partial charge in [0.15, 0.2) is 0 Å². The van der Waals surface area contributed by atoms with E-state index in [1.54, 1.807) is 0 Å². The number of rotatable bonds is 6. The zero-order valence-corrected chi connectivity index (χ0v) is 11.4. The van der Waals surface area contributed by atoms with Crippen molar-refractivity contribution in [3.63, 3.8) is 0 Å². The SMILES string of the molecule is Cc1nc(C)n(CCCC(C)(C#N)NC2CC2)n1. The second-order valence-electron chi connectivity index (χ2n) is 5.40. The highest BCUT2D eigenvalue weighted by atomic mass is 15.3. The van der Waals surface area contributed by atoms with Crippen LogP contribution in [-0.2, 0) is 6.54 Å². The van der Waals surface area contributed by atoms with Crippen LogP contribution in [0.5, 0.6) is 0 Å². The molecule has 18 heavy (non-hydrogen) atoms. The molecule has 1 heterocycles. The predicted molar refractivity (Wildman–Crippen MR) is 68.9 cm³/mol. The van der Waals surface area contributed by atoms with Gasteiger partial charge >= 0.3 is 0 Å². The molecular weight excluding hydrogens is 226 g/mol. The first kappa shape index (κ1) is 13.0. The lowest BCUT2D eigenvalue weighted by atomic mass is 9.97. The van der Waals surface area contributed by atoms with Crippen LogP contribution in [0.3, 0.4) is 0 Å². The molecule has 1 aliphatic carbocycles. The molecule has 1 saturated carbocycles. The van der Waals surface area contributed by atoms with Gasteiger partial charge in [-0.15, -0.1) is 0 Å². The Bertz CT molecular complexity index is 454. The van der Waals surface area contributed by atoms with Crippen molar-refractivity contribution in [1.29, 1.82) is 5.26 Å². The maximum atomic E-state index is 9.27. The summed E-state index contributed by atoms with van der Waals surface area (Å²) in [6.45, 7) is 6.69. The summed E-state index contributed by atoms with van der Waals surface area (Å²) in [5.74, 6) is 1.76. The van der Waals surface area contributed by atoms with Crippen molar-refractivity contribution in [2.75, 3.05) is 0 Å². The fourth-order valence-corrected chi connectivity index (χ4v) is 2.19. The zero-order chi connectivity index (χ0) is 13.2. The van der Waals surface area contributed by atoms with Crippen LogP contribution in [0.2, 0.25) is 0 Å². The fraction of sp³-hybridized carbons (Fsp3) is 0.769. The van der Waals surface area contributed by atoms with Crippen molar-refractivity contribution < 1.29 is 0 Å². The topological polar surface area (TPSA) is 66.5 Å². The number of nitrogens with zero attached hydrogens (tertiary/aromatic N) is 4. The molecule has 2 rings (SSSR count). The average Bonchev–Trinajstić information content (AvgIpc) is 3.05. The number of nitriles is 1. The maximum absolute atomic E-state index is 9.27. The van der Waals surface area contributed by atoms with Crippen molar-refractivity contribution in [2.24, 2.45) is 0 Å². The van der Waals surface area contributed by atoms with Crippen LogP contribution in [0.1, 0.15) is 44.3 Å². The van der Waals surface area contributed by atoms with Crippen LogP contribution >= 0.6 is 0 Å². The molecule has 5 nitrogen and oxygen atoms in total. The van der Waals surface area contributed by atoms with Gasteiger partial charge in [0.1, 0.15) is 17.2 Å². The first-order valence-electron chi connectivity index (χ1n) is 6.59. The normalized spacial score (nSPS) is 18.3. The molecule has 1 atom stereocenters. The molecule has 0 aliphatic heterocycles. The third-order valence-electron chi connectivity index (χ3n) is 3.36. The van der Waals surface area contributed by atoms with Gasteiger partial charge < -0.3 is 0 Å². The largest absolute Gasteiger partial charge is 0.297 e. The Hall–Kier alpha value is -1.41. The molecule has 0 amide bonds. The summed E-state index contributed by atoms with van der Waals surface area (Å²) in [6, 6.07) is 2.96. The van der Waals surface area contributed by atoms with Crippen LogP contribution in [0.4, 0.5) is 0 Å². The van der Waals surface area contributed by atoms with Gasteiger partial charge in [-0.3, -0.25) is 10.00 Å². The molecule has 1 aromatic heterocycles. The third kappa shape index (κ3) is 3.30. The Balaban J connectivity index is 1.83. The van der Waals surface area contributed by atoms with Crippen LogP contribution in [0.25, 0.3) is 0 Å². The average molecular weight is 247 g/mol. The minimum absolute atomic E-state index is 0.398. The highest BCUT2D eigenvalue weighted by molar-refractivity contribution is 5.07. The lowest BCUT2D eigenvalue weighted by molar-refractivity contribution is 0.384. The van der Waals surface area contributed by atoms with Gasteiger partial charge in [-0.25, -0.2) is 4.98 Å². The number of hydrogen-bond acceptors (Lipinski definition) is 4. The van der Waals surface area contributed by atoms with Gasteiger partial charge in [0.05, 0.1) is 6.07 Å². The van der Waals surface area contributed by atoms with Crippen molar-refractivity contribution in [3.8, 4) is 6.07 Å². The van der Waals surface area contributed by atoms with Gasteiger partial charge in [0.2, 0.25) is 0 Å². The Labute approximate surface area is 108 Å². The predicted octanol–water partition coefficient (Wildman–Crippen LogP) is 1.71. The van der Waals surface area contributed by atoms with Crippen LogP contribution < -0.4 is 5.32 Å². The highest BCUT2D eigenvalue weighted by Gasteiger charge is 2.31. The summed E-state index contributed by atoms with van der Waals surface area (Å²) in [4.78, 5) is 4.28. The smallest absolute Gasteiger partial charge is 0.147 e. The van der Waals surface area contributed by atoms with Crippen LogP contribution in [0, 0.1) is 25.2 Å². The van der Waals surface area contributed by atoms with Crippen LogP contribution in [-0.4, -0.2) is 26.3 Å². The van der Waals surface area contributed by atoms with Crippen LogP contribution in [0.15, 0.2) is 0 Å². The summed E-state index contributed by atoms with van der Waals surface area (Å²) in [7, 11) is 0. The number of aromatic nitrogens is 3. The van der Waals surface area contributed by atoms with Gasteiger partial charge in [-0.1, -0.05) is 0 Å². The van der Waals surface area contributed by atoms with Gasteiger partial charge in [-0.2, -0.15) is 10.4 Å². The minimum Gasteiger partial charge on any atom is -0.297 e. The molecule has 1 fully saturated rings. The summed E-state index contributed by atoms with van der Waals surface area (Å²) >= 11 is 0. The maximum Gasteiger partial charge on any atom is 0.147 e. The monoisotopic (exact) mass is 247 g/mol. The van der Waals surface area contributed by atoms with Crippen molar-refractivity contribution in [3.05, 3.63) is 11.6 Å². The van der Waals surface area contributed by atoms with E-state index in [1.807, 2.05) is 25.5 Å². The number of nitrogens with one attached hydrogen (secondary N) is 1. The minimum atomic E-state index is -0.398. The second-order valence-corrected chi connectivity index (χ2v) is 5.40. The van der Waals surface area contributed by atoms with Crippen molar-refractivity contribution in [2.45, 2.75) is 64.6 Å². The lowest BCUT2D eigenvalue weighted by Gasteiger charge is -2.23. The first-order valence-corrected chi connectivity index (χ1v) is 6.59. The van der Waals surface area contributed by atoms with Crippen molar-refractivity contribution >= 4 is 0 Å². The van der Waals surface area contributed by atoms with Gasteiger partial charge in [-0.05, 0) is 46.5 Å². The molecule has 1 unspecified atom stereocenters. The van der Waals surface area contributed by atoms with E-state index in [9.17, 15) is 5.26 Å². The fourth-order valence-electron chi connectivity index (χ4n) is 2.19. The van der Waals surface area contributed by atoms with E-state index < -0.39 is 5.54 Å². The summed E-state index contributed by atoms with van der Waals surface area (Å²) in [5.41, 5.74) is -0.398. The van der Waals surface area contributed by atoms with E-state index in [0.717, 1.165) is 31.0 Å². The molecule has 1 N–H and O–H groups in total. The standard InChI is InChI=1S/C13H21N5/c1-10-15-11(2)18(17-10)8-4-7-13(3,9-14)16-12-5-6-12/h12,16H,4-8H2,1-3H3. The molecule has 0 bridgehead atoms. The Morgan fingerprint density at radius 1 is 1.50 bits per heavy atom. The molecular formula is C13H21N5. The zero-order valence-electron chi connectivity index (χ0n) is 11.4. The Morgan fingerprint density at radius 2 is 2.22 bits per heavy atom. The number of hydrogen-bond donors (Lipinski definition) is 1. The Kier molecular flexibility index (Phi) is 3.67. The van der Waals surface area contributed by atoms with E-state index in [0.29, 0.717) is 6.04 Å². The second kappa shape index (κ2) is 5.07. The lowest BCUT2D eigenvalue weighted by Crippen LogP contribution is -2.42. The summed E-state index contributed by atoms with van der Waals surface area (Å²) in [5, 5.41) is 17.0. The molecule has 1 aromatic rings. The van der Waals surface area contributed by atoms with E-state index in [4.69, 9.17) is 0 Å². The van der Waals surface area contributed by atoms with Crippen molar-refractivity contribution in [1.82, 2.24) is 20.1 Å². The molecule has 0 radical (unpaired) electrons. The molecule has 5 heteroatoms. The third-order valence-corrected chi connectivity index (χ3v) is 3.36. The number of aryl methyl sites for hydroxylation is 3. The molecule has 98 valence electrons. The molecule has 0 aromatic carbocycles. The van der Waals surface area contributed by atoms with E-state index in [1.165, 1.54) is 12.8 Å². The quantitative estimate of drug-likeness (QED) is 0.831. The van der Waals surface area contributed by atoms with Gasteiger partial charge in [0, 0.05) is 12.6 Å². The van der Waals surface area contributed by atoms with E-state index in [2.05, 4.69) is 21.5 Å². The van der Waals surface area contributed by atoms with Gasteiger partial charge in [0.25, 0.3) is 0 Å². The Morgan fingerprint density at radius 3 is 2.72 bits per heavy atom. The molecule has 1 aliphatic rings.